The number of rotatable bonds is 4. The normalized spacial score (nSPS) is 18.8. The van der Waals surface area contributed by atoms with Gasteiger partial charge in [0.25, 0.3) is 0 Å². The minimum absolute atomic E-state index is 0.174. The third-order valence-corrected chi connectivity index (χ3v) is 3.09. The number of para-hydroxylation sites is 1. The Labute approximate surface area is 101 Å². The van der Waals surface area contributed by atoms with E-state index in [-0.39, 0.29) is 11.8 Å². The lowest BCUT2D eigenvalue weighted by atomic mass is 10.0. The molecule has 1 aliphatic heterocycles. The maximum absolute atomic E-state index is 11.2. The van der Waals surface area contributed by atoms with Crippen LogP contribution in [0.3, 0.4) is 0 Å². The number of aromatic hydroxyl groups is 1. The van der Waals surface area contributed by atoms with E-state index in [1.54, 1.807) is 12.1 Å². The van der Waals surface area contributed by atoms with Crippen molar-refractivity contribution in [1.82, 2.24) is 4.90 Å². The zero-order valence-electron chi connectivity index (χ0n) is 9.71. The third kappa shape index (κ3) is 3.05. The first-order chi connectivity index (χ1) is 8.31. The quantitative estimate of drug-likeness (QED) is 0.785. The van der Waals surface area contributed by atoms with Crippen LogP contribution in [0, 0.1) is 0 Å². The summed E-state index contributed by atoms with van der Waals surface area (Å²) in [7, 11) is 0. The van der Waals surface area contributed by atoms with Crippen LogP contribution in [0.2, 0.25) is 0 Å². The van der Waals surface area contributed by atoms with Gasteiger partial charge in [0.1, 0.15) is 12.0 Å². The molecule has 1 atom stereocenters. The first-order valence-corrected chi connectivity index (χ1v) is 5.85. The number of phenols is 1. The molecule has 0 spiro atoms. The van der Waals surface area contributed by atoms with Crippen molar-refractivity contribution in [2.75, 3.05) is 26.3 Å². The number of phenolic OH excluding ortho intramolecular Hbond substituents is 1. The number of hydrogen-bond donors (Lipinski definition) is 1. The van der Waals surface area contributed by atoms with Crippen LogP contribution in [0.25, 0.3) is 0 Å². The second-order valence-corrected chi connectivity index (χ2v) is 4.18. The number of aldehydes is 1. The average molecular weight is 235 g/mol. The molecule has 1 aliphatic rings. The molecule has 1 unspecified atom stereocenters. The molecule has 1 aromatic carbocycles. The topological polar surface area (TPSA) is 49.8 Å². The SMILES string of the molecule is O=CC(Cc1ccccc1O)N1CCOCC1. The summed E-state index contributed by atoms with van der Waals surface area (Å²) >= 11 is 0. The number of morpholine rings is 1. The van der Waals surface area contributed by atoms with Crippen molar-refractivity contribution in [3.05, 3.63) is 29.8 Å². The van der Waals surface area contributed by atoms with Gasteiger partial charge in [-0.15, -0.1) is 0 Å². The van der Waals surface area contributed by atoms with Gasteiger partial charge in [0.05, 0.1) is 19.3 Å². The van der Waals surface area contributed by atoms with Gasteiger partial charge in [-0.05, 0) is 18.1 Å². The summed E-state index contributed by atoms with van der Waals surface area (Å²) < 4.78 is 5.26. The summed E-state index contributed by atoms with van der Waals surface area (Å²) in [4.78, 5) is 13.3. The van der Waals surface area contributed by atoms with E-state index in [0.717, 1.165) is 24.9 Å². The standard InChI is InChI=1S/C13H17NO3/c15-10-12(14-5-7-17-8-6-14)9-11-3-1-2-4-13(11)16/h1-4,10,12,16H,5-9H2. The molecule has 1 heterocycles. The molecule has 0 aliphatic carbocycles. The molecule has 0 bridgehead atoms. The van der Waals surface area contributed by atoms with Gasteiger partial charge < -0.3 is 14.6 Å². The van der Waals surface area contributed by atoms with Crippen LogP contribution >= 0.6 is 0 Å². The molecular weight excluding hydrogens is 218 g/mol. The van der Waals surface area contributed by atoms with Crippen LogP contribution in [-0.4, -0.2) is 48.6 Å². The van der Waals surface area contributed by atoms with Crippen molar-refractivity contribution in [1.29, 1.82) is 0 Å². The Morgan fingerprint density at radius 2 is 2.06 bits per heavy atom. The second-order valence-electron chi connectivity index (χ2n) is 4.18. The lowest BCUT2D eigenvalue weighted by Crippen LogP contribution is -2.45. The highest BCUT2D eigenvalue weighted by molar-refractivity contribution is 5.59. The monoisotopic (exact) mass is 235 g/mol. The van der Waals surface area contributed by atoms with Gasteiger partial charge >= 0.3 is 0 Å². The van der Waals surface area contributed by atoms with Gasteiger partial charge in [-0.1, -0.05) is 18.2 Å². The summed E-state index contributed by atoms with van der Waals surface area (Å²) in [5.74, 6) is 0.257. The second kappa shape index (κ2) is 5.80. The van der Waals surface area contributed by atoms with Crippen LogP contribution in [0.15, 0.2) is 24.3 Å². The zero-order valence-corrected chi connectivity index (χ0v) is 9.71. The average Bonchev–Trinajstić information content (AvgIpc) is 2.39. The van der Waals surface area contributed by atoms with Crippen molar-refractivity contribution in [2.45, 2.75) is 12.5 Å². The number of benzene rings is 1. The summed E-state index contributed by atoms with van der Waals surface area (Å²) in [5.41, 5.74) is 0.816. The summed E-state index contributed by atoms with van der Waals surface area (Å²) in [6.45, 7) is 2.89. The largest absolute Gasteiger partial charge is 0.508 e. The van der Waals surface area contributed by atoms with Crippen molar-refractivity contribution < 1.29 is 14.6 Å². The van der Waals surface area contributed by atoms with Crippen LogP contribution in [-0.2, 0) is 16.0 Å². The molecule has 0 amide bonds. The fourth-order valence-corrected chi connectivity index (χ4v) is 2.08. The highest BCUT2D eigenvalue weighted by Crippen LogP contribution is 2.19. The minimum atomic E-state index is -0.174. The zero-order chi connectivity index (χ0) is 12.1. The molecule has 2 rings (SSSR count). The smallest absolute Gasteiger partial charge is 0.137 e. The Bertz CT molecular complexity index is 375. The fraction of sp³-hybridized carbons (Fsp3) is 0.462. The molecule has 1 aromatic rings. The summed E-state index contributed by atoms with van der Waals surface area (Å²) in [6.07, 6.45) is 1.51. The van der Waals surface area contributed by atoms with E-state index >= 15 is 0 Å². The van der Waals surface area contributed by atoms with E-state index in [9.17, 15) is 9.90 Å². The van der Waals surface area contributed by atoms with Crippen LogP contribution in [0.1, 0.15) is 5.56 Å². The summed E-state index contributed by atoms with van der Waals surface area (Å²) in [5, 5.41) is 9.69. The lowest BCUT2D eigenvalue weighted by molar-refractivity contribution is -0.114. The molecule has 92 valence electrons. The predicted molar refractivity (Wildman–Crippen MR) is 64.1 cm³/mol. The van der Waals surface area contributed by atoms with Gasteiger partial charge in [0.2, 0.25) is 0 Å². The number of nitrogens with zero attached hydrogens (tertiary/aromatic N) is 1. The Hall–Kier alpha value is -1.39. The minimum Gasteiger partial charge on any atom is -0.508 e. The molecule has 1 N–H and O–H groups in total. The van der Waals surface area contributed by atoms with Crippen LogP contribution < -0.4 is 0 Å². The van der Waals surface area contributed by atoms with Gasteiger partial charge in [-0.3, -0.25) is 4.90 Å². The van der Waals surface area contributed by atoms with E-state index in [1.807, 2.05) is 12.1 Å². The van der Waals surface area contributed by atoms with Gasteiger partial charge in [0.15, 0.2) is 0 Å². The highest BCUT2D eigenvalue weighted by Gasteiger charge is 2.21. The van der Waals surface area contributed by atoms with Crippen LogP contribution in [0.4, 0.5) is 0 Å². The lowest BCUT2D eigenvalue weighted by Gasteiger charge is -2.31. The Balaban J connectivity index is 2.04. The van der Waals surface area contributed by atoms with E-state index in [4.69, 9.17) is 4.74 Å². The Kier molecular flexibility index (Phi) is 4.12. The molecule has 0 saturated carbocycles. The molecule has 1 saturated heterocycles. The van der Waals surface area contributed by atoms with Crippen molar-refractivity contribution in [3.8, 4) is 5.75 Å². The fourth-order valence-electron chi connectivity index (χ4n) is 2.08. The molecule has 4 heteroatoms. The van der Waals surface area contributed by atoms with Gasteiger partial charge in [-0.25, -0.2) is 0 Å². The van der Waals surface area contributed by atoms with Crippen molar-refractivity contribution >= 4 is 6.29 Å². The van der Waals surface area contributed by atoms with E-state index in [1.165, 1.54) is 0 Å². The first-order valence-electron chi connectivity index (χ1n) is 5.85. The number of carbonyl (C=O) groups is 1. The maximum atomic E-state index is 11.2. The number of carbonyl (C=O) groups excluding carboxylic acids is 1. The molecule has 0 radical (unpaired) electrons. The molecule has 4 nitrogen and oxygen atoms in total. The van der Waals surface area contributed by atoms with Gasteiger partial charge in [0, 0.05) is 13.1 Å². The Morgan fingerprint density at radius 1 is 1.35 bits per heavy atom. The molecule has 0 aromatic heterocycles. The van der Waals surface area contributed by atoms with E-state index < -0.39 is 0 Å². The van der Waals surface area contributed by atoms with Crippen molar-refractivity contribution in [3.63, 3.8) is 0 Å². The Morgan fingerprint density at radius 3 is 2.71 bits per heavy atom. The molecule has 1 fully saturated rings. The van der Waals surface area contributed by atoms with E-state index in [0.29, 0.717) is 19.6 Å². The van der Waals surface area contributed by atoms with Gasteiger partial charge in [-0.2, -0.15) is 0 Å². The highest BCUT2D eigenvalue weighted by atomic mass is 16.5. The first kappa shape index (κ1) is 12.1. The maximum Gasteiger partial charge on any atom is 0.137 e. The molecular formula is C13H17NO3. The predicted octanol–water partition coefficient (Wildman–Crippen LogP) is 0.834. The number of hydrogen-bond acceptors (Lipinski definition) is 4. The van der Waals surface area contributed by atoms with Crippen molar-refractivity contribution in [2.24, 2.45) is 0 Å². The molecule has 17 heavy (non-hydrogen) atoms. The summed E-state index contributed by atoms with van der Waals surface area (Å²) in [6, 6.07) is 6.98. The third-order valence-electron chi connectivity index (χ3n) is 3.09. The van der Waals surface area contributed by atoms with Crippen LogP contribution in [0.5, 0.6) is 5.75 Å². The van der Waals surface area contributed by atoms with E-state index in [2.05, 4.69) is 4.90 Å². The number of ether oxygens (including phenoxy) is 1.